The minimum atomic E-state index is -0.720. The Morgan fingerprint density at radius 2 is 1.91 bits per heavy atom. The molecular weight excluding hydrogens is 434 g/mol. The van der Waals surface area contributed by atoms with Gasteiger partial charge in [0.15, 0.2) is 11.3 Å². The average molecular weight is 462 g/mol. The van der Waals surface area contributed by atoms with Crippen molar-refractivity contribution >= 4 is 28.4 Å². The van der Waals surface area contributed by atoms with E-state index in [1.54, 1.807) is 30.8 Å². The topological polar surface area (TPSA) is 132 Å². The molecule has 3 heterocycles. The van der Waals surface area contributed by atoms with E-state index in [1.165, 1.54) is 9.47 Å². The Morgan fingerprint density at radius 3 is 2.56 bits per heavy atom. The quantitative estimate of drug-likeness (QED) is 0.453. The van der Waals surface area contributed by atoms with Gasteiger partial charge >= 0.3 is 5.69 Å². The third kappa shape index (κ3) is 3.98. The van der Waals surface area contributed by atoms with Gasteiger partial charge in [-0.3, -0.25) is 19.1 Å². The van der Waals surface area contributed by atoms with E-state index >= 15 is 0 Å². The van der Waals surface area contributed by atoms with Crippen molar-refractivity contribution in [1.29, 1.82) is 0 Å². The summed E-state index contributed by atoms with van der Waals surface area (Å²) in [5.41, 5.74) is 7.32. The van der Waals surface area contributed by atoms with Crippen LogP contribution in [-0.4, -0.2) is 36.8 Å². The van der Waals surface area contributed by atoms with E-state index in [9.17, 15) is 14.4 Å². The Bertz CT molecular complexity index is 1480. The number of rotatable bonds is 6. The van der Waals surface area contributed by atoms with E-state index in [0.29, 0.717) is 22.3 Å². The number of fused-ring (bicyclic) bond motifs is 1. The number of nitrogens with one attached hydrogen (secondary N) is 1. The normalized spacial score (nSPS) is 11.3. The van der Waals surface area contributed by atoms with Gasteiger partial charge in [0.2, 0.25) is 0 Å². The number of hydrogen-bond donors (Lipinski definition) is 2. The molecule has 0 saturated carbocycles. The van der Waals surface area contributed by atoms with Crippen LogP contribution in [-0.2, 0) is 6.54 Å². The zero-order valence-electron chi connectivity index (χ0n) is 19.6. The molecule has 0 bridgehead atoms. The molecule has 10 heteroatoms. The minimum Gasteiger partial charge on any atom is -0.383 e. The molecule has 1 aromatic carbocycles. The minimum absolute atomic E-state index is 0.0528. The summed E-state index contributed by atoms with van der Waals surface area (Å²) in [6.45, 7) is 7.81. The predicted molar refractivity (Wildman–Crippen MR) is 131 cm³/mol. The number of aromatic amines is 1. The van der Waals surface area contributed by atoms with Gasteiger partial charge in [-0.05, 0) is 39.3 Å². The van der Waals surface area contributed by atoms with Crippen molar-refractivity contribution in [3.63, 3.8) is 0 Å². The fraction of sp³-hybridized carbons (Fsp3) is 0.292. The van der Waals surface area contributed by atoms with Crippen molar-refractivity contribution in [2.24, 2.45) is 0 Å². The summed E-state index contributed by atoms with van der Waals surface area (Å²) in [5, 5.41) is 4.97. The number of nitrogens with two attached hydrogens (primary N) is 1. The molecule has 0 saturated heterocycles. The summed E-state index contributed by atoms with van der Waals surface area (Å²) in [5.74, 6) is -0.504. The van der Waals surface area contributed by atoms with E-state index in [2.05, 4.69) is 15.1 Å². The van der Waals surface area contributed by atoms with Gasteiger partial charge in [0.1, 0.15) is 5.82 Å². The molecule has 0 atom stereocenters. The van der Waals surface area contributed by atoms with Gasteiger partial charge in [0, 0.05) is 18.3 Å². The molecule has 10 nitrogen and oxygen atoms in total. The number of aromatic nitrogens is 5. The third-order valence-electron chi connectivity index (χ3n) is 5.64. The predicted octanol–water partition coefficient (Wildman–Crippen LogP) is 2.47. The lowest BCUT2D eigenvalue weighted by Gasteiger charge is -2.23. The van der Waals surface area contributed by atoms with Crippen LogP contribution in [0.25, 0.3) is 11.0 Å². The maximum Gasteiger partial charge on any atom is 0.330 e. The lowest BCUT2D eigenvalue weighted by Crippen LogP contribution is -2.41. The molecule has 0 aliphatic rings. The second kappa shape index (κ2) is 8.97. The first-order chi connectivity index (χ1) is 16.2. The highest BCUT2D eigenvalue weighted by Crippen LogP contribution is 2.25. The van der Waals surface area contributed by atoms with Crippen molar-refractivity contribution in [1.82, 2.24) is 24.3 Å². The van der Waals surface area contributed by atoms with Crippen LogP contribution >= 0.6 is 0 Å². The number of amides is 1. The lowest BCUT2D eigenvalue weighted by atomic mass is 10.1. The molecular formula is C24H27N7O3. The molecule has 4 aromatic rings. The van der Waals surface area contributed by atoms with Crippen LogP contribution in [0, 0.1) is 6.92 Å². The number of carbonyl (C=O) groups excluding carboxylic acids is 1. The molecule has 0 unspecified atom stereocenters. The van der Waals surface area contributed by atoms with Crippen molar-refractivity contribution < 1.29 is 4.79 Å². The number of hydrogen-bond acceptors (Lipinski definition) is 6. The number of nitrogens with zero attached hydrogens (tertiary/aromatic N) is 5. The van der Waals surface area contributed by atoms with Gasteiger partial charge in [0.25, 0.3) is 11.5 Å². The van der Waals surface area contributed by atoms with Crippen molar-refractivity contribution in [2.75, 3.05) is 17.2 Å². The first-order valence-electron chi connectivity index (χ1n) is 11.1. The van der Waals surface area contributed by atoms with E-state index in [4.69, 9.17) is 5.73 Å². The zero-order valence-corrected chi connectivity index (χ0v) is 19.6. The Labute approximate surface area is 195 Å². The fourth-order valence-electron chi connectivity index (χ4n) is 4.01. The summed E-state index contributed by atoms with van der Waals surface area (Å²) >= 11 is 0. The van der Waals surface area contributed by atoms with Gasteiger partial charge in [-0.1, -0.05) is 30.3 Å². The van der Waals surface area contributed by atoms with Crippen molar-refractivity contribution in [2.45, 2.75) is 40.3 Å². The van der Waals surface area contributed by atoms with Gasteiger partial charge in [0.05, 0.1) is 23.7 Å². The maximum atomic E-state index is 13.7. The highest BCUT2D eigenvalue weighted by Gasteiger charge is 2.27. The highest BCUT2D eigenvalue weighted by atomic mass is 16.2. The first-order valence-corrected chi connectivity index (χ1v) is 11.1. The van der Waals surface area contributed by atoms with Gasteiger partial charge < -0.3 is 10.6 Å². The van der Waals surface area contributed by atoms with Gasteiger partial charge in [-0.25, -0.2) is 14.5 Å². The van der Waals surface area contributed by atoms with E-state index < -0.39 is 17.2 Å². The number of pyridine rings is 1. The first kappa shape index (κ1) is 23.0. The summed E-state index contributed by atoms with van der Waals surface area (Å²) in [7, 11) is 0. The smallest absolute Gasteiger partial charge is 0.330 e. The average Bonchev–Trinajstić information content (AvgIpc) is 3.23. The second-order valence-electron chi connectivity index (χ2n) is 8.35. The fourth-order valence-corrected chi connectivity index (χ4v) is 4.01. The van der Waals surface area contributed by atoms with E-state index in [-0.39, 0.29) is 30.6 Å². The number of nitrogen functional groups attached to an aromatic ring is 1. The second-order valence-corrected chi connectivity index (χ2v) is 8.35. The molecule has 0 spiro atoms. The molecule has 3 aromatic heterocycles. The van der Waals surface area contributed by atoms with Crippen LogP contribution in [0.15, 0.2) is 52.2 Å². The summed E-state index contributed by atoms with van der Waals surface area (Å²) in [4.78, 5) is 47.3. The largest absolute Gasteiger partial charge is 0.383 e. The van der Waals surface area contributed by atoms with Crippen LogP contribution in [0.2, 0.25) is 0 Å². The Hall–Kier alpha value is -4.21. The molecule has 0 aliphatic heterocycles. The standard InChI is InChI=1S/C24H27N7O3/c1-5-29(23(33)17-11-15(4)27-21-18(17)12-26-31(21)14(2)3)19-20(25)30(24(34)28-22(19)32)13-16-9-7-6-8-10-16/h6-12,14H,5,13,25H2,1-4H3,(H,28,32,34). The number of benzene rings is 1. The number of H-pyrrole nitrogens is 1. The van der Waals surface area contributed by atoms with Crippen LogP contribution < -0.4 is 21.9 Å². The van der Waals surface area contributed by atoms with Crippen LogP contribution in [0.1, 0.15) is 48.4 Å². The van der Waals surface area contributed by atoms with E-state index in [1.807, 2.05) is 44.2 Å². The summed E-state index contributed by atoms with van der Waals surface area (Å²) in [6, 6.07) is 11.0. The van der Waals surface area contributed by atoms with Crippen molar-refractivity contribution in [3.8, 4) is 0 Å². The van der Waals surface area contributed by atoms with Crippen LogP contribution in [0.5, 0.6) is 0 Å². The highest BCUT2D eigenvalue weighted by molar-refractivity contribution is 6.13. The molecule has 0 aliphatic carbocycles. The maximum absolute atomic E-state index is 13.7. The molecule has 1 amide bonds. The molecule has 3 N–H and O–H groups in total. The Balaban J connectivity index is 1.85. The third-order valence-corrected chi connectivity index (χ3v) is 5.64. The number of aryl methyl sites for hydroxylation is 1. The lowest BCUT2D eigenvalue weighted by molar-refractivity contribution is 0.0989. The summed E-state index contributed by atoms with van der Waals surface area (Å²) < 4.78 is 3.00. The molecule has 34 heavy (non-hydrogen) atoms. The van der Waals surface area contributed by atoms with Crippen LogP contribution in [0.4, 0.5) is 11.5 Å². The van der Waals surface area contributed by atoms with Gasteiger partial charge in [-0.2, -0.15) is 5.10 Å². The van der Waals surface area contributed by atoms with E-state index in [0.717, 1.165) is 5.56 Å². The zero-order chi connectivity index (χ0) is 24.6. The molecule has 4 rings (SSSR count). The molecule has 176 valence electrons. The molecule has 0 radical (unpaired) electrons. The van der Waals surface area contributed by atoms with Gasteiger partial charge in [-0.15, -0.1) is 0 Å². The molecule has 0 fully saturated rings. The Kier molecular flexibility index (Phi) is 6.06. The summed E-state index contributed by atoms with van der Waals surface area (Å²) in [6.07, 6.45) is 1.60. The van der Waals surface area contributed by atoms with Crippen molar-refractivity contribution in [3.05, 3.63) is 80.3 Å². The SMILES string of the molecule is CCN(C(=O)c1cc(C)nc2c1cnn2C(C)C)c1c(N)n(Cc2ccccc2)c(=O)[nH]c1=O. The Morgan fingerprint density at radius 1 is 1.21 bits per heavy atom. The number of carbonyl (C=O) groups is 1. The number of anilines is 2. The van der Waals surface area contributed by atoms with Crippen LogP contribution in [0.3, 0.4) is 0 Å². The monoisotopic (exact) mass is 461 g/mol.